The lowest BCUT2D eigenvalue weighted by atomic mass is 10.1. The SMILES string of the molecule is CCN(CC(=O)NCc1ccc(F)cc1)C(=O)CCNC(=O)c1ccccc1C. The monoisotopic (exact) mass is 399 g/mol. The molecule has 0 fully saturated rings. The van der Waals surface area contributed by atoms with Gasteiger partial charge in [-0.3, -0.25) is 14.4 Å². The lowest BCUT2D eigenvalue weighted by Gasteiger charge is -2.20. The Morgan fingerprint density at radius 3 is 2.34 bits per heavy atom. The highest BCUT2D eigenvalue weighted by Crippen LogP contribution is 2.06. The van der Waals surface area contributed by atoms with E-state index in [-0.39, 0.29) is 49.6 Å². The minimum absolute atomic E-state index is 0.0672. The average molecular weight is 399 g/mol. The second-order valence-electron chi connectivity index (χ2n) is 6.63. The Kier molecular flexibility index (Phi) is 8.33. The van der Waals surface area contributed by atoms with Gasteiger partial charge in [0.2, 0.25) is 11.8 Å². The van der Waals surface area contributed by atoms with Gasteiger partial charge < -0.3 is 15.5 Å². The fourth-order valence-electron chi connectivity index (χ4n) is 2.77. The number of hydrogen-bond acceptors (Lipinski definition) is 3. The van der Waals surface area contributed by atoms with Gasteiger partial charge in [0, 0.05) is 31.6 Å². The predicted octanol–water partition coefficient (Wildman–Crippen LogP) is 2.42. The van der Waals surface area contributed by atoms with E-state index in [1.165, 1.54) is 17.0 Å². The van der Waals surface area contributed by atoms with E-state index < -0.39 is 0 Å². The highest BCUT2D eigenvalue weighted by molar-refractivity contribution is 5.95. The second-order valence-corrected chi connectivity index (χ2v) is 6.63. The summed E-state index contributed by atoms with van der Waals surface area (Å²) in [6.45, 7) is 4.41. The van der Waals surface area contributed by atoms with Crippen LogP contribution in [0.3, 0.4) is 0 Å². The van der Waals surface area contributed by atoms with Crippen LogP contribution in [0.25, 0.3) is 0 Å². The van der Waals surface area contributed by atoms with E-state index in [0.717, 1.165) is 11.1 Å². The molecule has 0 bridgehead atoms. The summed E-state index contributed by atoms with van der Waals surface area (Å²) in [5.41, 5.74) is 2.21. The average Bonchev–Trinajstić information content (AvgIpc) is 2.71. The zero-order valence-corrected chi connectivity index (χ0v) is 16.7. The van der Waals surface area contributed by atoms with E-state index in [9.17, 15) is 18.8 Å². The highest BCUT2D eigenvalue weighted by atomic mass is 19.1. The number of benzene rings is 2. The van der Waals surface area contributed by atoms with Gasteiger partial charge in [-0.1, -0.05) is 30.3 Å². The van der Waals surface area contributed by atoms with Crippen molar-refractivity contribution in [1.82, 2.24) is 15.5 Å². The van der Waals surface area contributed by atoms with E-state index in [0.29, 0.717) is 12.1 Å². The number of hydrogen-bond donors (Lipinski definition) is 2. The lowest BCUT2D eigenvalue weighted by Crippen LogP contribution is -2.41. The molecule has 3 amide bonds. The minimum atomic E-state index is -0.336. The third kappa shape index (κ3) is 7.03. The van der Waals surface area contributed by atoms with Gasteiger partial charge in [-0.15, -0.1) is 0 Å². The molecule has 0 heterocycles. The number of likely N-dealkylation sites (N-methyl/N-ethyl adjacent to an activating group) is 1. The molecule has 0 aromatic heterocycles. The van der Waals surface area contributed by atoms with Crippen LogP contribution in [0.5, 0.6) is 0 Å². The van der Waals surface area contributed by atoms with E-state index in [1.54, 1.807) is 31.2 Å². The molecule has 0 aliphatic rings. The quantitative estimate of drug-likeness (QED) is 0.680. The maximum absolute atomic E-state index is 12.9. The zero-order valence-electron chi connectivity index (χ0n) is 16.7. The molecule has 0 spiro atoms. The molecule has 7 heteroatoms. The summed E-state index contributed by atoms with van der Waals surface area (Å²) in [4.78, 5) is 38.1. The third-order valence-electron chi connectivity index (χ3n) is 4.49. The van der Waals surface area contributed by atoms with Gasteiger partial charge in [-0.05, 0) is 43.2 Å². The van der Waals surface area contributed by atoms with Crippen LogP contribution < -0.4 is 10.6 Å². The van der Waals surface area contributed by atoms with E-state index in [2.05, 4.69) is 10.6 Å². The molecule has 0 atom stereocenters. The van der Waals surface area contributed by atoms with Crippen molar-refractivity contribution in [3.8, 4) is 0 Å². The molecule has 6 nitrogen and oxygen atoms in total. The van der Waals surface area contributed by atoms with Crippen LogP contribution in [0.1, 0.15) is 34.8 Å². The molecule has 0 aliphatic heterocycles. The first-order chi connectivity index (χ1) is 13.9. The van der Waals surface area contributed by atoms with Crippen LogP contribution in [-0.2, 0) is 16.1 Å². The van der Waals surface area contributed by atoms with Gasteiger partial charge in [0.05, 0.1) is 6.54 Å². The van der Waals surface area contributed by atoms with Crippen LogP contribution in [0.15, 0.2) is 48.5 Å². The molecule has 2 aromatic carbocycles. The van der Waals surface area contributed by atoms with Gasteiger partial charge in [-0.2, -0.15) is 0 Å². The van der Waals surface area contributed by atoms with Gasteiger partial charge in [0.1, 0.15) is 5.82 Å². The second kappa shape index (κ2) is 10.9. The van der Waals surface area contributed by atoms with Crippen molar-refractivity contribution in [2.75, 3.05) is 19.6 Å². The van der Waals surface area contributed by atoms with Crippen LogP contribution in [0, 0.1) is 12.7 Å². The fraction of sp³-hybridized carbons (Fsp3) is 0.318. The summed E-state index contributed by atoms with van der Waals surface area (Å²) in [6.07, 6.45) is 0.108. The summed E-state index contributed by atoms with van der Waals surface area (Å²) in [7, 11) is 0. The number of halogens is 1. The Balaban J connectivity index is 1.76. The number of nitrogens with one attached hydrogen (secondary N) is 2. The Labute approximate surface area is 170 Å². The normalized spacial score (nSPS) is 10.3. The van der Waals surface area contributed by atoms with Crippen LogP contribution in [-0.4, -0.2) is 42.3 Å². The summed E-state index contributed by atoms with van der Waals surface area (Å²) in [5.74, 6) is -1.07. The minimum Gasteiger partial charge on any atom is -0.352 e. The van der Waals surface area contributed by atoms with Crippen molar-refractivity contribution in [2.45, 2.75) is 26.8 Å². The number of aryl methyl sites for hydroxylation is 1. The number of rotatable bonds is 9. The molecule has 0 unspecified atom stereocenters. The Morgan fingerprint density at radius 2 is 1.69 bits per heavy atom. The van der Waals surface area contributed by atoms with Crippen molar-refractivity contribution in [2.24, 2.45) is 0 Å². The summed E-state index contributed by atoms with van der Waals surface area (Å²) in [5, 5.41) is 5.45. The zero-order chi connectivity index (χ0) is 21.2. The number of amides is 3. The third-order valence-corrected chi connectivity index (χ3v) is 4.49. The first-order valence-corrected chi connectivity index (χ1v) is 9.53. The van der Waals surface area contributed by atoms with E-state index >= 15 is 0 Å². The van der Waals surface area contributed by atoms with Gasteiger partial charge in [0.25, 0.3) is 5.91 Å². The van der Waals surface area contributed by atoms with Crippen molar-refractivity contribution in [3.05, 3.63) is 71.0 Å². The van der Waals surface area contributed by atoms with Crippen LogP contribution in [0.2, 0.25) is 0 Å². The molecule has 2 aromatic rings. The molecule has 2 N–H and O–H groups in total. The van der Waals surface area contributed by atoms with Crippen molar-refractivity contribution in [3.63, 3.8) is 0 Å². The Bertz CT molecular complexity index is 853. The summed E-state index contributed by atoms with van der Waals surface area (Å²) in [6, 6.07) is 13.1. The first-order valence-electron chi connectivity index (χ1n) is 9.53. The molecule has 0 saturated carbocycles. The highest BCUT2D eigenvalue weighted by Gasteiger charge is 2.16. The number of carbonyl (C=O) groups excluding carboxylic acids is 3. The molecule has 29 heavy (non-hydrogen) atoms. The summed E-state index contributed by atoms with van der Waals surface area (Å²) >= 11 is 0. The van der Waals surface area contributed by atoms with Crippen LogP contribution in [0.4, 0.5) is 4.39 Å². The maximum Gasteiger partial charge on any atom is 0.251 e. The molecule has 0 aliphatic carbocycles. The van der Waals surface area contributed by atoms with E-state index in [1.807, 2.05) is 19.1 Å². The molecule has 2 rings (SSSR count). The van der Waals surface area contributed by atoms with Crippen molar-refractivity contribution < 1.29 is 18.8 Å². The smallest absolute Gasteiger partial charge is 0.251 e. The molecule has 154 valence electrons. The summed E-state index contributed by atoms with van der Waals surface area (Å²) < 4.78 is 12.9. The standard InChI is InChI=1S/C22H26FN3O3/c1-3-26(15-20(27)25-14-17-8-10-18(23)11-9-17)21(28)12-13-24-22(29)19-7-5-4-6-16(19)2/h4-11H,3,12-15H2,1-2H3,(H,24,29)(H,25,27). The van der Waals surface area contributed by atoms with E-state index in [4.69, 9.17) is 0 Å². The van der Waals surface area contributed by atoms with Crippen molar-refractivity contribution in [1.29, 1.82) is 0 Å². The number of carbonyl (C=O) groups is 3. The van der Waals surface area contributed by atoms with Gasteiger partial charge >= 0.3 is 0 Å². The lowest BCUT2D eigenvalue weighted by molar-refractivity contribution is -0.135. The Hall–Kier alpha value is -3.22. The van der Waals surface area contributed by atoms with Crippen molar-refractivity contribution >= 4 is 17.7 Å². The van der Waals surface area contributed by atoms with Crippen LogP contribution >= 0.6 is 0 Å². The molecule has 0 radical (unpaired) electrons. The molecular formula is C22H26FN3O3. The predicted molar refractivity (Wildman–Crippen MR) is 109 cm³/mol. The number of nitrogens with zero attached hydrogens (tertiary/aromatic N) is 1. The fourth-order valence-corrected chi connectivity index (χ4v) is 2.77. The maximum atomic E-state index is 12.9. The molecular weight excluding hydrogens is 373 g/mol. The largest absolute Gasteiger partial charge is 0.352 e. The topological polar surface area (TPSA) is 78.5 Å². The van der Waals surface area contributed by atoms with Gasteiger partial charge in [0.15, 0.2) is 0 Å². The Morgan fingerprint density at radius 1 is 1.00 bits per heavy atom. The molecule has 0 saturated heterocycles. The van der Waals surface area contributed by atoms with Gasteiger partial charge in [-0.25, -0.2) is 4.39 Å². The first kappa shape index (κ1) is 22.1.